The molecule has 0 aliphatic carbocycles. The van der Waals surface area contributed by atoms with Crippen molar-refractivity contribution in [1.82, 2.24) is 15.1 Å². The van der Waals surface area contributed by atoms with Gasteiger partial charge >= 0.3 is 0 Å². The Morgan fingerprint density at radius 2 is 1.93 bits per heavy atom. The van der Waals surface area contributed by atoms with Crippen molar-refractivity contribution in [2.75, 3.05) is 47.1 Å². The van der Waals surface area contributed by atoms with Gasteiger partial charge in [-0.1, -0.05) is 0 Å². The number of hydrogen-bond acceptors (Lipinski definition) is 8. The van der Waals surface area contributed by atoms with Crippen molar-refractivity contribution in [2.45, 2.75) is 19.2 Å². The number of furan rings is 1. The number of ether oxygens (including phenoxy) is 1. The Morgan fingerprint density at radius 1 is 1.24 bits per heavy atom. The summed E-state index contributed by atoms with van der Waals surface area (Å²) in [5.41, 5.74) is 0. The van der Waals surface area contributed by atoms with Crippen molar-refractivity contribution in [3.8, 4) is 0 Å². The van der Waals surface area contributed by atoms with Crippen LogP contribution in [0.3, 0.4) is 0 Å². The minimum absolute atomic E-state index is 0.0180. The molecule has 0 fully saturated rings. The van der Waals surface area contributed by atoms with E-state index in [2.05, 4.69) is 9.71 Å². The summed E-state index contributed by atoms with van der Waals surface area (Å²) in [5.74, 6) is 2.60. The van der Waals surface area contributed by atoms with Gasteiger partial charge in [0.25, 0.3) is 15.9 Å². The summed E-state index contributed by atoms with van der Waals surface area (Å²) in [7, 11) is 2.85. The summed E-state index contributed by atoms with van der Waals surface area (Å²) >= 11 is 1.64. The summed E-state index contributed by atoms with van der Waals surface area (Å²) in [4.78, 5) is 15.1. The van der Waals surface area contributed by atoms with Crippen LogP contribution in [-0.2, 0) is 31.9 Å². The third-order valence-electron chi connectivity index (χ3n) is 3.75. The first-order valence-electron chi connectivity index (χ1n) is 9.13. The Hall–Kier alpha value is -1.98. The van der Waals surface area contributed by atoms with E-state index in [1.54, 1.807) is 18.7 Å². The minimum atomic E-state index is -4.08. The maximum Gasteiger partial charge on any atom is 0.293 e. The number of sulfonamides is 1. The highest BCUT2D eigenvalue weighted by Gasteiger charge is 2.39. The van der Waals surface area contributed by atoms with Crippen LogP contribution in [0.5, 0.6) is 0 Å². The number of hydrogen-bond donors (Lipinski definition) is 1. The molecule has 2 heterocycles. The highest BCUT2D eigenvalue weighted by molar-refractivity contribution is 7.98. The topological polar surface area (TPSA) is 104 Å². The highest BCUT2D eigenvalue weighted by atomic mass is 32.2. The number of carbonyl (C=O) groups is 1. The monoisotopic (exact) mass is 444 g/mol. The van der Waals surface area contributed by atoms with E-state index in [0.717, 1.165) is 18.1 Å². The molecule has 1 N–H and O–H groups in total. The van der Waals surface area contributed by atoms with Gasteiger partial charge in [-0.05, 0) is 33.2 Å². The Labute approximate surface area is 176 Å². The third-order valence-corrected chi connectivity index (χ3v) is 6.03. The standard InChI is InChI=1S/C18H28N4O5S2/c1-6-26-15-16(18(23)22(4)5)29(24,25)20-17(15)19-9-10-28-12-14-8-7-13(27-14)11-21(2)3/h7-8H,6,9-12H2,1-5H3,(H,19,20). The lowest BCUT2D eigenvalue weighted by Crippen LogP contribution is -2.30. The van der Waals surface area contributed by atoms with Gasteiger partial charge in [0.2, 0.25) is 0 Å². The first kappa shape index (κ1) is 23.3. The van der Waals surface area contributed by atoms with Gasteiger partial charge in [-0.15, -0.1) is 4.40 Å². The van der Waals surface area contributed by atoms with Gasteiger partial charge in [-0.25, -0.2) is 0 Å². The molecular weight excluding hydrogens is 416 g/mol. The van der Waals surface area contributed by atoms with Crippen LogP contribution in [0.4, 0.5) is 0 Å². The van der Waals surface area contributed by atoms with Crippen molar-refractivity contribution in [2.24, 2.45) is 4.40 Å². The molecule has 0 radical (unpaired) electrons. The minimum Gasteiger partial charge on any atom is -0.488 e. The largest absolute Gasteiger partial charge is 0.488 e. The van der Waals surface area contributed by atoms with Crippen LogP contribution in [0.25, 0.3) is 0 Å². The number of thioether (sulfide) groups is 1. The van der Waals surface area contributed by atoms with Crippen LogP contribution in [0.15, 0.2) is 31.6 Å². The van der Waals surface area contributed by atoms with E-state index in [1.807, 2.05) is 31.1 Å². The maximum atomic E-state index is 12.3. The number of amides is 1. The second-order valence-corrected chi connectivity index (χ2v) is 9.44. The number of nitrogens with one attached hydrogen (secondary N) is 1. The van der Waals surface area contributed by atoms with Gasteiger partial charge in [-0.2, -0.15) is 20.2 Å². The average molecular weight is 445 g/mol. The Morgan fingerprint density at radius 3 is 2.55 bits per heavy atom. The molecule has 0 atom stereocenters. The first-order chi connectivity index (χ1) is 13.7. The Kier molecular flexibility index (Phi) is 8.17. The smallest absolute Gasteiger partial charge is 0.293 e. The van der Waals surface area contributed by atoms with E-state index >= 15 is 0 Å². The molecule has 11 heteroatoms. The van der Waals surface area contributed by atoms with Crippen molar-refractivity contribution in [1.29, 1.82) is 0 Å². The third kappa shape index (κ3) is 6.25. The zero-order chi connectivity index (χ0) is 21.6. The van der Waals surface area contributed by atoms with Crippen molar-refractivity contribution in [3.63, 3.8) is 0 Å². The molecule has 0 saturated heterocycles. The molecule has 0 saturated carbocycles. The molecule has 1 aromatic heterocycles. The van der Waals surface area contributed by atoms with Crippen molar-refractivity contribution < 1.29 is 22.4 Å². The maximum absolute atomic E-state index is 12.3. The Balaban J connectivity index is 1.92. The van der Waals surface area contributed by atoms with Crippen molar-refractivity contribution >= 4 is 33.5 Å². The Bertz CT molecular complexity index is 888. The molecule has 162 valence electrons. The molecule has 0 aromatic carbocycles. The summed E-state index contributed by atoms with van der Waals surface area (Å²) in [6.07, 6.45) is 0. The second-order valence-electron chi connectivity index (χ2n) is 6.79. The first-order valence-corrected chi connectivity index (χ1v) is 11.7. The van der Waals surface area contributed by atoms with E-state index in [-0.39, 0.29) is 18.2 Å². The van der Waals surface area contributed by atoms with Gasteiger partial charge in [0.15, 0.2) is 16.5 Å². The van der Waals surface area contributed by atoms with Crippen LogP contribution in [0, 0.1) is 0 Å². The van der Waals surface area contributed by atoms with Gasteiger partial charge in [0.05, 0.1) is 18.9 Å². The summed E-state index contributed by atoms with van der Waals surface area (Å²) in [5, 5.41) is 2.97. The van der Waals surface area contributed by atoms with E-state index in [4.69, 9.17) is 9.15 Å². The predicted molar refractivity (Wildman–Crippen MR) is 114 cm³/mol. The molecule has 29 heavy (non-hydrogen) atoms. The van der Waals surface area contributed by atoms with E-state index in [9.17, 15) is 13.2 Å². The molecule has 1 aliphatic rings. The average Bonchev–Trinajstić information content (AvgIpc) is 3.15. The molecule has 1 amide bonds. The summed E-state index contributed by atoms with van der Waals surface area (Å²) < 4.78 is 39.5. The zero-order valence-corrected chi connectivity index (χ0v) is 19.0. The number of nitrogens with zero attached hydrogens (tertiary/aromatic N) is 3. The van der Waals surface area contributed by atoms with Crippen LogP contribution in [0.1, 0.15) is 18.4 Å². The fraction of sp³-hybridized carbons (Fsp3) is 0.556. The van der Waals surface area contributed by atoms with Crippen molar-refractivity contribution in [3.05, 3.63) is 34.3 Å². The lowest BCUT2D eigenvalue weighted by atomic mass is 10.3. The van der Waals surface area contributed by atoms with Crippen LogP contribution < -0.4 is 5.32 Å². The number of likely N-dealkylation sites (N-methyl/N-ethyl adjacent to an activating group) is 1. The fourth-order valence-corrected chi connectivity index (χ4v) is 4.56. The number of amidine groups is 1. The zero-order valence-electron chi connectivity index (χ0n) is 17.4. The number of carbonyl (C=O) groups excluding carboxylic acids is 1. The predicted octanol–water partition coefficient (Wildman–Crippen LogP) is 1.24. The molecule has 0 spiro atoms. The normalized spacial score (nSPS) is 15.6. The van der Waals surface area contributed by atoms with E-state index in [0.29, 0.717) is 18.1 Å². The fourth-order valence-electron chi connectivity index (χ4n) is 2.54. The quantitative estimate of drug-likeness (QED) is 0.538. The lowest BCUT2D eigenvalue weighted by Gasteiger charge is -2.13. The second kappa shape index (κ2) is 10.2. The van der Waals surface area contributed by atoms with Gasteiger partial charge < -0.3 is 24.3 Å². The highest BCUT2D eigenvalue weighted by Crippen LogP contribution is 2.25. The molecular formula is C18H28N4O5S2. The molecule has 1 aromatic rings. The van der Waals surface area contributed by atoms with Gasteiger partial charge in [-0.3, -0.25) is 4.79 Å². The molecule has 9 nitrogen and oxygen atoms in total. The molecule has 0 unspecified atom stereocenters. The molecule has 1 aliphatic heterocycles. The summed E-state index contributed by atoms with van der Waals surface area (Å²) in [6.45, 7) is 3.15. The van der Waals surface area contributed by atoms with E-state index in [1.165, 1.54) is 19.0 Å². The van der Waals surface area contributed by atoms with Crippen LogP contribution in [-0.4, -0.2) is 77.1 Å². The molecule has 2 rings (SSSR count). The van der Waals surface area contributed by atoms with Crippen LogP contribution in [0.2, 0.25) is 0 Å². The lowest BCUT2D eigenvalue weighted by molar-refractivity contribution is -0.124. The molecule has 0 bridgehead atoms. The van der Waals surface area contributed by atoms with E-state index < -0.39 is 20.8 Å². The van der Waals surface area contributed by atoms with Gasteiger partial charge in [0.1, 0.15) is 11.5 Å². The van der Waals surface area contributed by atoms with Gasteiger partial charge in [0, 0.05) is 26.4 Å². The number of rotatable bonds is 10. The van der Waals surface area contributed by atoms with Crippen LogP contribution >= 0.6 is 11.8 Å². The summed E-state index contributed by atoms with van der Waals surface area (Å²) in [6, 6.07) is 3.93. The SMILES string of the molecule is CCOC1=C(C(=O)N(C)C)S(=O)(=O)N=C1NCCSCc1ccc(CN(C)C)o1.